The number of halogens is 2. The summed E-state index contributed by atoms with van der Waals surface area (Å²) >= 11 is 0. The van der Waals surface area contributed by atoms with Gasteiger partial charge in [0.1, 0.15) is 0 Å². The highest BCUT2D eigenvalue weighted by atomic mass is 35.5. The first kappa shape index (κ1) is 15.0. The maximum atomic E-state index is 12.2. The number of benzene rings is 1. The molecule has 3 nitrogen and oxygen atoms in total. The van der Waals surface area contributed by atoms with Crippen molar-refractivity contribution in [3.8, 4) is 11.5 Å². The molecule has 0 amide bonds. The summed E-state index contributed by atoms with van der Waals surface area (Å²) in [6, 6.07) is 5.06. The maximum absolute atomic E-state index is 12.2. The molecule has 16 heavy (non-hydrogen) atoms. The minimum atomic E-state index is -0.443. The number of methoxy groups -OCH3 is 2. The molecule has 92 valence electrons. The van der Waals surface area contributed by atoms with E-state index in [1.807, 2.05) is 12.1 Å². The van der Waals surface area contributed by atoms with Gasteiger partial charge in [0.25, 0.3) is 0 Å². The molecular formula is C11H17ClFNO2. The normalized spacial score (nSPS) is 11.5. The van der Waals surface area contributed by atoms with Crippen molar-refractivity contribution < 1.29 is 13.9 Å². The van der Waals surface area contributed by atoms with E-state index in [0.717, 1.165) is 5.56 Å². The van der Waals surface area contributed by atoms with Crippen LogP contribution >= 0.6 is 12.4 Å². The Morgan fingerprint density at radius 2 is 2.00 bits per heavy atom. The van der Waals surface area contributed by atoms with Gasteiger partial charge in [-0.25, -0.2) is 0 Å². The summed E-state index contributed by atoms with van der Waals surface area (Å²) in [5, 5.41) is 0. The molecule has 0 radical (unpaired) electrons. The average molecular weight is 250 g/mol. The van der Waals surface area contributed by atoms with Crippen LogP contribution in [0.1, 0.15) is 18.0 Å². The largest absolute Gasteiger partial charge is 0.493 e. The average Bonchev–Trinajstić information content (AvgIpc) is 2.28. The lowest BCUT2D eigenvalue weighted by Gasteiger charge is -2.16. The molecule has 0 aliphatic carbocycles. The SMILES string of the molecule is COc1cccc([C@H](N)CCF)c1OC.Cl. The molecule has 0 bridgehead atoms. The molecule has 0 fully saturated rings. The second kappa shape index (κ2) is 7.30. The van der Waals surface area contributed by atoms with Gasteiger partial charge in [-0.2, -0.15) is 0 Å². The fourth-order valence-electron chi connectivity index (χ4n) is 1.48. The molecule has 0 unspecified atom stereocenters. The lowest BCUT2D eigenvalue weighted by atomic mass is 10.0. The van der Waals surface area contributed by atoms with Gasteiger partial charge in [0.2, 0.25) is 0 Å². The van der Waals surface area contributed by atoms with Crippen molar-refractivity contribution in [3.05, 3.63) is 23.8 Å². The molecule has 0 aromatic heterocycles. The fraction of sp³-hybridized carbons (Fsp3) is 0.455. The van der Waals surface area contributed by atoms with Crippen molar-refractivity contribution in [3.63, 3.8) is 0 Å². The van der Waals surface area contributed by atoms with Crippen LogP contribution in [0.15, 0.2) is 18.2 Å². The molecule has 0 aliphatic rings. The van der Waals surface area contributed by atoms with Crippen LogP contribution in [-0.2, 0) is 0 Å². The standard InChI is InChI=1S/C11H16FNO2.ClH/c1-14-10-5-3-4-8(11(10)15-2)9(13)6-7-12;/h3-5,9H,6-7,13H2,1-2H3;1H/t9-;/m1./s1. The highest BCUT2D eigenvalue weighted by Gasteiger charge is 2.15. The molecule has 0 heterocycles. The predicted octanol–water partition coefficient (Wildman–Crippen LogP) is 2.49. The third-order valence-corrected chi connectivity index (χ3v) is 2.25. The van der Waals surface area contributed by atoms with E-state index in [9.17, 15) is 4.39 Å². The Morgan fingerprint density at radius 3 is 2.50 bits per heavy atom. The molecule has 0 aliphatic heterocycles. The van der Waals surface area contributed by atoms with Crippen LogP contribution < -0.4 is 15.2 Å². The Hall–Kier alpha value is -1.00. The highest BCUT2D eigenvalue weighted by molar-refractivity contribution is 5.85. The summed E-state index contributed by atoms with van der Waals surface area (Å²) in [4.78, 5) is 0. The molecule has 0 spiro atoms. The van der Waals surface area contributed by atoms with Gasteiger partial charge >= 0.3 is 0 Å². The van der Waals surface area contributed by atoms with E-state index in [1.165, 1.54) is 0 Å². The molecule has 1 atom stereocenters. The van der Waals surface area contributed by atoms with Crippen molar-refractivity contribution in [2.24, 2.45) is 5.73 Å². The minimum Gasteiger partial charge on any atom is -0.493 e. The molecule has 1 aromatic carbocycles. The molecule has 1 aromatic rings. The second-order valence-corrected chi connectivity index (χ2v) is 3.17. The summed E-state index contributed by atoms with van der Waals surface area (Å²) in [6.07, 6.45) is 0.281. The summed E-state index contributed by atoms with van der Waals surface area (Å²) in [6.45, 7) is -0.443. The van der Waals surface area contributed by atoms with Crippen LogP contribution in [0.2, 0.25) is 0 Å². The Morgan fingerprint density at radius 1 is 1.31 bits per heavy atom. The molecule has 2 N–H and O–H groups in total. The molecular weight excluding hydrogens is 233 g/mol. The van der Waals surface area contributed by atoms with Gasteiger partial charge in [-0.1, -0.05) is 12.1 Å². The number of hydrogen-bond acceptors (Lipinski definition) is 3. The molecule has 1 rings (SSSR count). The number of para-hydroxylation sites is 1. The van der Waals surface area contributed by atoms with Crippen molar-refractivity contribution >= 4 is 12.4 Å². The summed E-state index contributed by atoms with van der Waals surface area (Å²) in [7, 11) is 3.10. The van der Waals surface area contributed by atoms with Gasteiger partial charge in [-0.15, -0.1) is 12.4 Å². The number of hydrogen-bond donors (Lipinski definition) is 1. The van der Waals surface area contributed by atoms with Crippen LogP contribution in [0.3, 0.4) is 0 Å². The summed E-state index contributed by atoms with van der Waals surface area (Å²) in [5.41, 5.74) is 6.60. The summed E-state index contributed by atoms with van der Waals surface area (Å²) < 4.78 is 22.5. The number of nitrogens with two attached hydrogens (primary N) is 1. The van der Waals surface area contributed by atoms with E-state index in [4.69, 9.17) is 15.2 Å². The van der Waals surface area contributed by atoms with Crippen molar-refractivity contribution in [2.45, 2.75) is 12.5 Å². The quantitative estimate of drug-likeness (QED) is 0.872. The Balaban J connectivity index is 0.00000225. The Bertz CT molecular complexity index is 323. The molecule has 5 heteroatoms. The fourth-order valence-corrected chi connectivity index (χ4v) is 1.48. The van der Waals surface area contributed by atoms with Crippen molar-refractivity contribution in [1.29, 1.82) is 0 Å². The molecule has 0 saturated heterocycles. The van der Waals surface area contributed by atoms with Gasteiger partial charge in [-0.3, -0.25) is 4.39 Å². The van der Waals surface area contributed by atoms with Crippen LogP contribution in [0.5, 0.6) is 11.5 Å². The zero-order chi connectivity index (χ0) is 11.3. The number of rotatable bonds is 5. The second-order valence-electron chi connectivity index (χ2n) is 3.17. The van der Waals surface area contributed by atoms with Crippen molar-refractivity contribution in [1.82, 2.24) is 0 Å². The first-order chi connectivity index (χ1) is 7.24. The zero-order valence-electron chi connectivity index (χ0n) is 9.40. The monoisotopic (exact) mass is 249 g/mol. The van der Waals surface area contributed by atoms with E-state index in [2.05, 4.69) is 0 Å². The Labute approximate surface area is 101 Å². The van der Waals surface area contributed by atoms with E-state index in [1.54, 1.807) is 20.3 Å². The third-order valence-electron chi connectivity index (χ3n) is 2.25. The lowest BCUT2D eigenvalue weighted by molar-refractivity contribution is 0.346. The van der Waals surface area contributed by atoms with E-state index >= 15 is 0 Å². The van der Waals surface area contributed by atoms with Crippen molar-refractivity contribution in [2.75, 3.05) is 20.9 Å². The van der Waals surface area contributed by atoms with Gasteiger partial charge in [0, 0.05) is 11.6 Å². The maximum Gasteiger partial charge on any atom is 0.165 e. The topological polar surface area (TPSA) is 44.5 Å². The summed E-state index contributed by atoms with van der Waals surface area (Å²) in [5.74, 6) is 1.20. The first-order valence-electron chi connectivity index (χ1n) is 4.77. The van der Waals surface area contributed by atoms with Crippen LogP contribution in [0.25, 0.3) is 0 Å². The zero-order valence-corrected chi connectivity index (χ0v) is 10.2. The first-order valence-corrected chi connectivity index (χ1v) is 4.77. The van der Waals surface area contributed by atoms with Crippen LogP contribution in [-0.4, -0.2) is 20.9 Å². The van der Waals surface area contributed by atoms with E-state index in [-0.39, 0.29) is 24.9 Å². The highest BCUT2D eigenvalue weighted by Crippen LogP contribution is 2.34. The molecule has 0 saturated carbocycles. The van der Waals surface area contributed by atoms with E-state index in [0.29, 0.717) is 11.5 Å². The van der Waals surface area contributed by atoms with E-state index < -0.39 is 6.67 Å². The number of ether oxygens (including phenoxy) is 2. The number of alkyl halides is 1. The van der Waals surface area contributed by atoms with Crippen LogP contribution in [0, 0.1) is 0 Å². The third kappa shape index (κ3) is 3.25. The predicted molar refractivity (Wildman–Crippen MR) is 64.3 cm³/mol. The van der Waals surface area contributed by atoms with Crippen LogP contribution in [0.4, 0.5) is 4.39 Å². The smallest absolute Gasteiger partial charge is 0.165 e. The minimum absolute atomic E-state index is 0. The van der Waals surface area contributed by atoms with Gasteiger partial charge in [0.15, 0.2) is 11.5 Å². The van der Waals surface area contributed by atoms with Gasteiger partial charge < -0.3 is 15.2 Å². The Kier molecular flexibility index (Phi) is 6.85. The van der Waals surface area contributed by atoms with Gasteiger partial charge in [0.05, 0.1) is 20.9 Å². The van der Waals surface area contributed by atoms with Gasteiger partial charge in [-0.05, 0) is 12.5 Å². The lowest BCUT2D eigenvalue weighted by Crippen LogP contribution is -2.12.